The minimum Gasteiger partial charge on any atom is -0.497 e. The molecule has 0 radical (unpaired) electrons. The zero-order chi connectivity index (χ0) is 26.8. The summed E-state index contributed by atoms with van der Waals surface area (Å²) in [6.45, 7) is 0.268. The third-order valence-corrected chi connectivity index (χ3v) is 8.83. The van der Waals surface area contributed by atoms with Crippen LogP contribution in [-0.2, 0) is 23.2 Å². The third-order valence-electron chi connectivity index (χ3n) is 7.86. The second kappa shape index (κ2) is 10.8. The highest BCUT2D eigenvalue weighted by Gasteiger charge is 2.43. The molecule has 8 heteroatoms. The number of carbonyl (C=O) groups is 1. The van der Waals surface area contributed by atoms with E-state index < -0.39 is 0 Å². The number of rotatable bonds is 7. The molecule has 1 N–H and O–H groups in total. The van der Waals surface area contributed by atoms with E-state index in [4.69, 9.17) is 14.1 Å². The molecule has 2 heterocycles. The maximum absolute atomic E-state index is 14.4. The predicted octanol–water partition coefficient (Wildman–Crippen LogP) is 6.05. The van der Waals surface area contributed by atoms with Crippen LogP contribution in [0.3, 0.4) is 0 Å². The molecular formula is C31H31N3O4S. The lowest BCUT2D eigenvalue weighted by atomic mass is 9.62. The molecule has 2 aliphatic rings. The van der Waals surface area contributed by atoms with Gasteiger partial charge < -0.3 is 14.5 Å². The molecule has 6 rings (SSSR count). The Morgan fingerprint density at radius 3 is 2.74 bits per heavy atom. The van der Waals surface area contributed by atoms with Gasteiger partial charge in [0.25, 0.3) is 5.56 Å². The van der Waals surface area contributed by atoms with Gasteiger partial charge in [-0.3, -0.25) is 14.2 Å². The van der Waals surface area contributed by atoms with Gasteiger partial charge in [-0.1, -0.05) is 61.4 Å². The Bertz CT molecular complexity index is 1550. The number of nitrogens with one attached hydrogen (secondary N) is 1. The Labute approximate surface area is 231 Å². The average Bonchev–Trinajstić information content (AvgIpc) is 3.47. The summed E-state index contributed by atoms with van der Waals surface area (Å²) < 4.78 is 12.6. The van der Waals surface area contributed by atoms with Gasteiger partial charge >= 0.3 is 0 Å². The smallest absolute Gasteiger partial charge is 0.258 e. The number of hydrogen-bond acceptors (Lipinski definition) is 6. The van der Waals surface area contributed by atoms with Gasteiger partial charge in [0.05, 0.1) is 36.9 Å². The number of anilines is 1. The van der Waals surface area contributed by atoms with Crippen molar-refractivity contribution in [2.45, 2.75) is 55.6 Å². The number of benzene rings is 2. The van der Waals surface area contributed by atoms with Crippen LogP contribution in [0.15, 0.2) is 81.3 Å². The van der Waals surface area contributed by atoms with Crippen LogP contribution in [0.2, 0.25) is 0 Å². The number of methoxy groups -OCH3 is 1. The van der Waals surface area contributed by atoms with Gasteiger partial charge in [-0.2, -0.15) is 0 Å². The molecule has 0 unspecified atom stereocenters. The van der Waals surface area contributed by atoms with Gasteiger partial charge in [0.15, 0.2) is 5.16 Å². The summed E-state index contributed by atoms with van der Waals surface area (Å²) in [4.78, 5) is 32.5. The monoisotopic (exact) mass is 541 g/mol. The SMILES string of the molecule is COc1cccc(NC(=O)CSc2nc3c(c(=O)n2Cc2ccco2)C2(CCCCC2)Cc2ccccc2-3)c1. The summed E-state index contributed by atoms with van der Waals surface area (Å²) in [6, 6.07) is 19.2. The highest BCUT2D eigenvalue weighted by atomic mass is 32.2. The topological polar surface area (TPSA) is 86.4 Å². The molecule has 200 valence electrons. The van der Waals surface area contributed by atoms with Crippen molar-refractivity contribution in [3.63, 3.8) is 0 Å². The molecule has 0 saturated heterocycles. The van der Waals surface area contributed by atoms with Crippen molar-refractivity contribution in [2.75, 3.05) is 18.2 Å². The van der Waals surface area contributed by atoms with E-state index >= 15 is 0 Å². The lowest BCUT2D eigenvalue weighted by Gasteiger charge is -2.42. The van der Waals surface area contributed by atoms with Crippen molar-refractivity contribution in [2.24, 2.45) is 0 Å². The minimum absolute atomic E-state index is 0.0245. The van der Waals surface area contributed by atoms with Gasteiger partial charge in [-0.15, -0.1) is 0 Å². The zero-order valence-corrected chi connectivity index (χ0v) is 22.8. The number of nitrogens with zero attached hydrogens (tertiary/aromatic N) is 2. The van der Waals surface area contributed by atoms with Crippen LogP contribution in [0.5, 0.6) is 5.75 Å². The fraction of sp³-hybridized carbons (Fsp3) is 0.323. The van der Waals surface area contributed by atoms with E-state index in [1.165, 1.54) is 23.7 Å². The van der Waals surface area contributed by atoms with Crippen molar-refractivity contribution in [3.05, 3.63) is 94.2 Å². The molecule has 0 bridgehead atoms. The number of hydrogen-bond donors (Lipinski definition) is 1. The highest BCUT2D eigenvalue weighted by Crippen LogP contribution is 2.48. The Morgan fingerprint density at radius 1 is 1.10 bits per heavy atom. The molecule has 1 spiro atoms. The Morgan fingerprint density at radius 2 is 1.95 bits per heavy atom. The summed E-state index contributed by atoms with van der Waals surface area (Å²) in [5.74, 6) is 1.26. The molecule has 1 saturated carbocycles. The average molecular weight is 542 g/mol. The molecule has 0 atom stereocenters. The first-order chi connectivity index (χ1) is 19.1. The predicted molar refractivity (Wildman–Crippen MR) is 153 cm³/mol. The first-order valence-electron chi connectivity index (χ1n) is 13.4. The van der Waals surface area contributed by atoms with Crippen molar-refractivity contribution >= 4 is 23.4 Å². The number of ether oxygens (including phenoxy) is 1. The van der Waals surface area contributed by atoms with Crippen LogP contribution in [-0.4, -0.2) is 28.3 Å². The molecule has 39 heavy (non-hydrogen) atoms. The second-order valence-corrected chi connectivity index (χ2v) is 11.3. The van der Waals surface area contributed by atoms with Gasteiger partial charge in [-0.05, 0) is 49.1 Å². The molecule has 1 amide bonds. The van der Waals surface area contributed by atoms with E-state index in [0.717, 1.165) is 48.9 Å². The summed E-state index contributed by atoms with van der Waals surface area (Å²) >= 11 is 1.27. The fourth-order valence-corrected chi connectivity index (χ4v) is 6.85. The number of furan rings is 1. The van der Waals surface area contributed by atoms with E-state index in [2.05, 4.69) is 23.5 Å². The molecule has 2 aliphatic carbocycles. The van der Waals surface area contributed by atoms with E-state index in [1.54, 1.807) is 24.0 Å². The third kappa shape index (κ3) is 5.01. The van der Waals surface area contributed by atoms with E-state index in [-0.39, 0.29) is 29.2 Å². The first kappa shape index (κ1) is 25.5. The van der Waals surface area contributed by atoms with Crippen molar-refractivity contribution in [3.8, 4) is 17.0 Å². The Balaban J connectivity index is 1.40. The fourth-order valence-electron chi connectivity index (χ4n) is 6.06. The van der Waals surface area contributed by atoms with Crippen LogP contribution in [0.25, 0.3) is 11.3 Å². The van der Waals surface area contributed by atoms with Gasteiger partial charge in [0.2, 0.25) is 5.91 Å². The maximum Gasteiger partial charge on any atom is 0.258 e. The van der Waals surface area contributed by atoms with Crippen LogP contribution < -0.4 is 15.6 Å². The summed E-state index contributed by atoms with van der Waals surface area (Å²) in [5.41, 5.74) is 4.29. The van der Waals surface area contributed by atoms with E-state index in [1.807, 2.05) is 36.4 Å². The maximum atomic E-state index is 14.4. The van der Waals surface area contributed by atoms with Crippen LogP contribution in [0.4, 0.5) is 5.69 Å². The highest BCUT2D eigenvalue weighted by molar-refractivity contribution is 7.99. The number of aromatic nitrogens is 2. The standard InChI is InChI=1S/C31H31N3O4S/c1-37-23-11-7-10-22(17-23)32-26(35)20-39-30-33-28-25-13-4-3-9-21(25)18-31(14-5-2-6-15-31)27(28)29(36)34(30)19-24-12-8-16-38-24/h3-4,7-13,16-17H,2,5-6,14-15,18-20H2,1H3,(H,32,35). The molecule has 4 aromatic rings. The largest absolute Gasteiger partial charge is 0.497 e. The second-order valence-electron chi connectivity index (χ2n) is 10.3. The first-order valence-corrected chi connectivity index (χ1v) is 14.4. The number of carbonyl (C=O) groups excluding carboxylic acids is 1. The van der Waals surface area contributed by atoms with E-state index in [0.29, 0.717) is 22.4 Å². The molecule has 1 fully saturated rings. The van der Waals surface area contributed by atoms with Crippen molar-refractivity contribution < 1.29 is 13.9 Å². The normalized spacial score (nSPS) is 15.4. The Hall–Kier alpha value is -3.78. The van der Waals surface area contributed by atoms with Crippen LogP contribution in [0.1, 0.15) is 49.0 Å². The number of amides is 1. The molecular weight excluding hydrogens is 510 g/mol. The summed E-state index contributed by atoms with van der Waals surface area (Å²) in [7, 11) is 1.59. The zero-order valence-electron chi connectivity index (χ0n) is 21.9. The lowest BCUT2D eigenvalue weighted by Crippen LogP contribution is -2.43. The molecule has 7 nitrogen and oxygen atoms in total. The van der Waals surface area contributed by atoms with Gasteiger partial charge in [0, 0.05) is 22.7 Å². The van der Waals surface area contributed by atoms with Crippen LogP contribution in [0, 0.1) is 0 Å². The van der Waals surface area contributed by atoms with Crippen LogP contribution >= 0.6 is 11.8 Å². The number of fused-ring (bicyclic) bond motifs is 4. The Kier molecular flexibility index (Phi) is 7.04. The molecule has 2 aromatic carbocycles. The molecule has 2 aromatic heterocycles. The number of thioether (sulfide) groups is 1. The van der Waals surface area contributed by atoms with Gasteiger partial charge in [-0.25, -0.2) is 4.98 Å². The summed E-state index contributed by atoms with van der Waals surface area (Å²) in [6.07, 6.45) is 7.87. The molecule has 0 aliphatic heterocycles. The summed E-state index contributed by atoms with van der Waals surface area (Å²) in [5, 5.41) is 3.43. The minimum atomic E-state index is -0.204. The van der Waals surface area contributed by atoms with Crippen molar-refractivity contribution in [1.29, 1.82) is 0 Å². The lowest BCUT2D eigenvalue weighted by molar-refractivity contribution is -0.113. The quantitative estimate of drug-likeness (QED) is 0.226. The van der Waals surface area contributed by atoms with Gasteiger partial charge in [0.1, 0.15) is 11.5 Å². The van der Waals surface area contributed by atoms with E-state index in [9.17, 15) is 9.59 Å². The van der Waals surface area contributed by atoms with Crippen molar-refractivity contribution in [1.82, 2.24) is 9.55 Å².